The number of para-hydroxylation sites is 1. The fraction of sp³-hybridized carbons (Fsp3) is 0.273. The van der Waals surface area contributed by atoms with Crippen molar-refractivity contribution in [2.24, 2.45) is 4.99 Å². The average Bonchev–Trinajstić information content (AvgIpc) is 2.40. The Morgan fingerprint density at radius 2 is 2.14 bits per heavy atom. The van der Waals surface area contributed by atoms with E-state index in [0.29, 0.717) is 0 Å². The quantitative estimate of drug-likeness (QED) is 0.497. The Morgan fingerprint density at radius 1 is 1.29 bits per heavy atom. The molecule has 1 N–H and O–H groups in total. The highest BCUT2D eigenvalue weighted by atomic mass is 15.0. The number of aliphatic imine (C=N–C) groups is 1. The number of rotatable bonds is 0. The van der Waals surface area contributed by atoms with Crippen LogP contribution in [0.25, 0.3) is 0 Å². The number of fused-ring (bicyclic) bond motifs is 1. The number of amidine groups is 1. The molecule has 0 radical (unpaired) electrons. The van der Waals surface area contributed by atoms with E-state index in [0.717, 1.165) is 30.8 Å². The minimum absolute atomic E-state index is 0.775. The first-order valence-corrected chi connectivity index (χ1v) is 4.71. The van der Waals surface area contributed by atoms with Gasteiger partial charge in [0, 0.05) is 6.42 Å². The fourth-order valence-corrected chi connectivity index (χ4v) is 1.63. The molecule has 2 rings (SSSR count). The highest BCUT2D eigenvalue weighted by molar-refractivity contribution is 5.86. The lowest BCUT2D eigenvalue weighted by molar-refractivity contribution is 0.866. The number of nitrogens with zero attached hydrogens (tertiary/aromatic N) is 2. The maximum absolute atomic E-state index is 8.52. The molecule has 14 heavy (non-hydrogen) atoms. The van der Waals surface area contributed by atoms with Crippen molar-refractivity contribution < 1.29 is 0 Å². The first kappa shape index (κ1) is 8.76. The molecule has 0 atom stereocenters. The number of benzene rings is 1. The van der Waals surface area contributed by atoms with Crippen molar-refractivity contribution in [1.82, 2.24) is 5.32 Å². The lowest BCUT2D eigenvalue weighted by Gasteiger charge is -2.00. The van der Waals surface area contributed by atoms with Gasteiger partial charge in [0.25, 0.3) is 0 Å². The summed E-state index contributed by atoms with van der Waals surface area (Å²) >= 11 is 0. The smallest absolute Gasteiger partial charge is 0.182 e. The zero-order chi connectivity index (χ0) is 9.80. The third-order valence-corrected chi connectivity index (χ3v) is 2.31. The molecule has 0 fully saturated rings. The maximum Gasteiger partial charge on any atom is 0.182 e. The van der Waals surface area contributed by atoms with Gasteiger partial charge in [0.15, 0.2) is 6.19 Å². The molecule has 0 aliphatic carbocycles. The second-order valence-corrected chi connectivity index (χ2v) is 3.28. The number of nitrogens with one attached hydrogen (secondary N) is 1. The number of hydrogen-bond donors (Lipinski definition) is 1. The van der Waals surface area contributed by atoms with Gasteiger partial charge in [-0.1, -0.05) is 18.2 Å². The molecule has 0 bridgehead atoms. The molecule has 1 heterocycles. The van der Waals surface area contributed by atoms with Crippen LogP contribution >= 0.6 is 0 Å². The summed E-state index contributed by atoms with van der Waals surface area (Å²) in [4.78, 5) is 4.41. The van der Waals surface area contributed by atoms with E-state index in [4.69, 9.17) is 5.26 Å². The van der Waals surface area contributed by atoms with Crippen molar-refractivity contribution in [1.29, 1.82) is 5.26 Å². The summed E-state index contributed by atoms with van der Waals surface area (Å²) in [5.74, 6) is 0.775. The van der Waals surface area contributed by atoms with Crippen LogP contribution in [0.2, 0.25) is 0 Å². The number of hydrogen-bond acceptors (Lipinski definition) is 3. The zero-order valence-corrected chi connectivity index (χ0v) is 7.83. The molecule has 1 aromatic carbocycles. The van der Waals surface area contributed by atoms with E-state index in [1.54, 1.807) is 0 Å². The number of aryl methyl sites for hydroxylation is 1. The van der Waals surface area contributed by atoms with Crippen LogP contribution in [0.5, 0.6) is 0 Å². The van der Waals surface area contributed by atoms with Gasteiger partial charge in [0.05, 0.1) is 5.69 Å². The lowest BCUT2D eigenvalue weighted by Crippen LogP contribution is -2.16. The van der Waals surface area contributed by atoms with Crippen LogP contribution < -0.4 is 5.32 Å². The van der Waals surface area contributed by atoms with Crippen molar-refractivity contribution in [3.63, 3.8) is 0 Å². The Labute approximate surface area is 83.1 Å². The van der Waals surface area contributed by atoms with Gasteiger partial charge in [0.2, 0.25) is 0 Å². The molecule has 1 aliphatic heterocycles. The summed E-state index contributed by atoms with van der Waals surface area (Å²) in [7, 11) is 0. The largest absolute Gasteiger partial charge is 0.280 e. The van der Waals surface area contributed by atoms with Crippen LogP contribution in [0.15, 0.2) is 29.3 Å². The standard InChI is InChI=1S/C11H11N3/c12-8-13-11-7-3-5-9-4-1-2-6-10(9)14-11/h1-2,4,6H,3,5,7H2,(H,13,14). The zero-order valence-electron chi connectivity index (χ0n) is 7.83. The van der Waals surface area contributed by atoms with Gasteiger partial charge in [-0.25, -0.2) is 4.99 Å². The highest BCUT2D eigenvalue weighted by Gasteiger charge is 2.08. The third kappa shape index (κ3) is 1.74. The molecular weight excluding hydrogens is 174 g/mol. The van der Waals surface area contributed by atoms with Gasteiger partial charge in [-0.3, -0.25) is 5.32 Å². The lowest BCUT2D eigenvalue weighted by atomic mass is 10.1. The van der Waals surface area contributed by atoms with E-state index >= 15 is 0 Å². The van der Waals surface area contributed by atoms with Gasteiger partial charge in [-0.2, -0.15) is 5.26 Å². The molecule has 3 nitrogen and oxygen atoms in total. The molecule has 70 valence electrons. The third-order valence-electron chi connectivity index (χ3n) is 2.31. The van der Waals surface area contributed by atoms with Gasteiger partial charge < -0.3 is 0 Å². The molecule has 1 aromatic rings. The van der Waals surface area contributed by atoms with Crippen molar-refractivity contribution in [3.8, 4) is 6.19 Å². The van der Waals surface area contributed by atoms with Crippen molar-refractivity contribution >= 4 is 11.5 Å². The highest BCUT2D eigenvalue weighted by Crippen LogP contribution is 2.23. The van der Waals surface area contributed by atoms with Gasteiger partial charge in [-0.15, -0.1) is 0 Å². The van der Waals surface area contributed by atoms with Crippen LogP contribution in [0, 0.1) is 11.5 Å². The summed E-state index contributed by atoms with van der Waals surface area (Å²) < 4.78 is 0. The Kier molecular flexibility index (Phi) is 2.46. The molecule has 3 heteroatoms. The van der Waals surface area contributed by atoms with Crippen molar-refractivity contribution in [2.45, 2.75) is 19.3 Å². The first-order valence-electron chi connectivity index (χ1n) is 4.71. The first-order chi connectivity index (χ1) is 6.90. The van der Waals surface area contributed by atoms with Crippen LogP contribution in [-0.2, 0) is 6.42 Å². The SMILES string of the molecule is N#CNC1=Nc2ccccc2CCC1. The summed E-state index contributed by atoms with van der Waals surface area (Å²) in [5, 5.41) is 11.1. The van der Waals surface area contributed by atoms with E-state index in [1.165, 1.54) is 5.56 Å². The van der Waals surface area contributed by atoms with Crippen LogP contribution in [0.3, 0.4) is 0 Å². The second-order valence-electron chi connectivity index (χ2n) is 3.28. The monoisotopic (exact) mass is 185 g/mol. The van der Waals surface area contributed by atoms with E-state index < -0.39 is 0 Å². The molecule has 0 saturated carbocycles. The maximum atomic E-state index is 8.52. The van der Waals surface area contributed by atoms with E-state index in [-0.39, 0.29) is 0 Å². The molecule has 0 aromatic heterocycles. The Morgan fingerprint density at radius 3 is 3.00 bits per heavy atom. The van der Waals surface area contributed by atoms with Crippen molar-refractivity contribution in [3.05, 3.63) is 29.8 Å². The van der Waals surface area contributed by atoms with E-state index in [9.17, 15) is 0 Å². The molecule has 0 saturated heterocycles. The Bertz CT molecular complexity index is 401. The van der Waals surface area contributed by atoms with E-state index in [2.05, 4.69) is 16.4 Å². The Balaban J connectivity index is 2.35. The normalized spacial score (nSPS) is 14.6. The molecule has 1 aliphatic rings. The second kappa shape index (κ2) is 3.93. The van der Waals surface area contributed by atoms with Crippen LogP contribution in [0.4, 0.5) is 5.69 Å². The average molecular weight is 185 g/mol. The molecule has 0 amide bonds. The van der Waals surface area contributed by atoms with Crippen LogP contribution in [-0.4, -0.2) is 5.84 Å². The van der Waals surface area contributed by atoms with E-state index in [1.807, 2.05) is 24.4 Å². The molecular formula is C11H11N3. The summed E-state index contributed by atoms with van der Waals surface area (Å²) in [6.07, 6.45) is 4.85. The van der Waals surface area contributed by atoms with Gasteiger partial charge in [0.1, 0.15) is 5.84 Å². The number of nitriles is 1. The predicted octanol–water partition coefficient (Wildman–Crippen LogP) is 2.12. The fourth-order valence-electron chi connectivity index (χ4n) is 1.63. The summed E-state index contributed by atoms with van der Waals surface area (Å²) in [6, 6.07) is 8.07. The van der Waals surface area contributed by atoms with Gasteiger partial charge >= 0.3 is 0 Å². The van der Waals surface area contributed by atoms with Gasteiger partial charge in [-0.05, 0) is 24.5 Å². The summed E-state index contributed by atoms with van der Waals surface area (Å²) in [6.45, 7) is 0. The Hall–Kier alpha value is -1.82. The minimum Gasteiger partial charge on any atom is -0.280 e. The van der Waals surface area contributed by atoms with Crippen molar-refractivity contribution in [2.75, 3.05) is 0 Å². The van der Waals surface area contributed by atoms with Crippen LogP contribution in [0.1, 0.15) is 18.4 Å². The minimum atomic E-state index is 0.775. The molecule has 0 unspecified atom stereocenters. The predicted molar refractivity (Wildman–Crippen MR) is 55.2 cm³/mol. The molecule has 0 spiro atoms. The topological polar surface area (TPSA) is 48.2 Å². The summed E-state index contributed by atoms with van der Waals surface area (Å²) in [5.41, 5.74) is 2.25.